The van der Waals surface area contributed by atoms with Gasteiger partial charge in [0.15, 0.2) is 11.6 Å². The molecular formula is C9H6ClF2O. The summed E-state index contributed by atoms with van der Waals surface area (Å²) in [5, 5.41) is 0. The van der Waals surface area contributed by atoms with E-state index >= 15 is 0 Å². The zero-order chi connectivity index (χ0) is 9.68. The topological polar surface area (TPSA) is 9.23 Å². The van der Waals surface area contributed by atoms with Crippen molar-refractivity contribution < 1.29 is 13.5 Å². The highest BCUT2D eigenvalue weighted by Crippen LogP contribution is 2.14. The average Bonchev–Trinajstić information content (AvgIpc) is 2.12. The lowest BCUT2D eigenvalue weighted by atomic mass is 10.3. The van der Waals surface area contributed by atoms with Crippen LogP contribution in [0.1, 0.15) is 0 Å². The van der Waals surface area contributed by atoms with Crippen molar-refractivity contribution in [2.45, 2.75) is 0 Å². The highest BCUT2D eigenvalue weighted by atomic mass is 35.5. The molecule has 4 heteroatoms. The van der Waals surface area contributed by atoms with E-state index in [4.69, 9.17) is 16.3 Å². The van der Waals surface area contributed by atoms with Crippen LogP contribution in [0.3, 0.4) is 0 Å². The van der Waals surface area contributed by atoms with Crippen LogP contribution in [0.25, 0.3) is 0 Å². The summed E-state index contributed by atoms with van der Waals surface area (Å²) in [5.74, 6) is -1.85. The summed E-state index contributed by atoms with van der Waals surface area (Å²) >= 11 is 5.22. The van der Waals surface area contributed by atoms with E-state index in [-0.39, 0.29) is 12.4 Å². The third-order valence-corrected chi connectivity index (χ3v) is 1.43. The molecule has 0 amide bonds. The van der Waals surface area contributed by atoms with Gasteiger partial charge in [0.2, 0.25) is 0 Å². The van der Waals surface area contributed by atoms with Crippen molar-refractivity contribution >= 4 is 11.6 Å². The molecule has 0 atom stereocenters. The molecule has 0 aliphatic heterocycles. The van der Waals surface area contributed by atoms with Crippen LogP contribution in [0.15, 0.2) is 23.7 Å². The molecule has 69 valence electrons. The first-order valence-corrected chi connectivity index (χ1v) is 3.93. The fourth-order valence-electron chi connectivity index (χ4n) is 0.690. The molecule has 0 unspecified atom stereocenters. The molecule has 0 saturated heterocycles. The minimum absolute atomic E-state index is 0.147. The van der Waals surface area contributed by atoms with Crippen LogP contribution in [-0.4, -0.2) is 6.61 Å². The van der Waals surface area contributed by atoms with Gasteiger partial charge < -0.3 is 4.74 Å². The molecule has 0 heterocycles. The van der Waals surface area contributed by atoms with Gasteiger partial charge >= 0.3 is 0 Å². The number of hydrogen-bond donors (Lipinski definition) is 0. The maximum Gasteiger partial charge on any atom is 0.170 e. The van der Waals surface area contributed by atoms with E-state index < -0.39 is 11.6 Å². The predicted octanol–water partition coefficient (Wildman–Crippen LogP) is 2.90. The van der Waals surface area contributed by atoms with E-state index in [1.807, 2.05) is 0 Å². The Kier molecular flexibility index (Phi) is 3.71. The Labute approximate surface area is 79.6 Å². The van der Waals surface area contributed by atoms with Gasteiger partial charge in [-0.2, -0.15) is 0 Å². The minimum Gasteiger partial charge on any atom is -0.489 e. The second kappa shape index (κ2) is 4.82. The molecule has 0 aliphatic rings. The van der Waals surface area contributed by atoms with E-state index in [1.54, 1.807) is 0 Å². The van der Waals surface area contributed by atoms with Crippen molar-refractivity contribution in [2.75, 3.05) is 6.61 Å². The van der Waals surface area contributed by atoms with Gasteiger partial charge in [0, 0.05) is 5.54 Å². The molecule has 0 aliphatic carbocycles. The quantitative estimate of drug-likeness (QED) is 0.734. The molecule has 0 N–H and O–H groups in total. The van der Waals surface area contributed by atoms with Crippen LogP contribution in [-0.2, 0) is 0 Å². The maximum atomic E-state index is 12.5. The lowest BCUT2D eigenvalue weighted by molar-refractivity contribution is 0.357. The Bertz CT molecular complexity index is 312. The fourth-order valence-corrected chi connectivity index (χ4v) is 0.763. The SMILES string of the molecule is Fc1[c]c(OC/C=C\Cl)ccc1F. The zero-order valence-electron chi connectivity index (χ0n) is 6.56. The summed E-state index contributed by atoms with van der Waals surface area (Å²) in [4.78, 5) is 0. The van der Waals surface area contributed by atoms with Gasteiger partial charge in [-0.1, -0.05) is 11.6 Å². The summed E-state index contributed by atoms with van der Waals surface area (Å²) in [6.45, 7) is 0.199. The smallest absolute Gasteiger partial charge is 0.170 e. The van der Waals surface area contributed by atoms with Crippen molar-refractivity contribution in [1.82, 2.24) is 0 Å². The van der Waals surface area contributed by atoms with E-state index in [9.17, 15) is 8.78 Å². The lowest BCUT2D eigenvalue weighted by Gasteiger charge is -2.01. The molecule has 1 aromatic carbocycles. The minimum atomic E-state index is -1.05. The van der Waals surface area contributed by atoms with E-state index in [0.717, 1.165) is 6.07 Å². The molecule has 1 nitrogen and oxygen atoms in total. The number of benzene rings is 1. The van der Waals surface area contributed by atoms with Crippen molar-refractivity contribution in [3.05, 3.63) is 41.4 Å². The number of halogens is 3. The molecule has 1 rings (SSSR count). The summed E-state index contributed by atoms with van der Waals surface area (Å²) < 4.78 is 29.9. The first kappa shape index (κ1) is 9.99. The third kappa shape index (κ3) is 3.03. The average molecular weight is 204 g/mol. The lowest BCUT2D eigenvalue weighted by Crippen LogP contribution is -1.94. The van der Waals surface area contributed by atoms with Crippen molar-refractivity contribution in [2.24, 2.45) is 0 Å². The highest BCUT2D eigenvalue weighted by Gasteiger charge is 2.02. The van der Waals surface area contributed by atoms with Crippen LogP contribution < -0.4 is 4.74 Å². The molecule has 13 heavy (non-hydrogen) atoms. The number of hydrogen-bond acceptors (Lipinski definition) is 1. The largest absolute Gasteiger partial charge is 0.489 e. The Hall–Kier alpha value is -1.09. The van der Waals surface area contributed by atoms with Crippen LogP contribution in [0.2, 0.25) is 0 Å². The second-order valence-electron chi connectivity index (χ2n) is 2.16. The molecule has 1 aromatic rings. The normalized spacial score (nSPS) is 10.7. The highest BCUT2D eigenvalue weighted by molar-refractivity contribution is 6.25. The molecule has 0 fully saturated rings. The maximum absolute atomic E-state index is 12.5. The van der Waals surface area contributed by atoms with Gasteiger partial charge in [-0.05, 0) is 18.2 Å². The molecule has 1 radical (unpaired) electrons. The molecular weight excluding hydrogens is 198 g/mol. The molecule has 0 aromatic heterocycles. The summed E-state index contributed by atoms with van der Waals surface area (Å²) in [5.41, 5.74) is 1.28. The second-order valence-corrected chi connectivity index (χ2v) is 2.41. The Morgan fingerprint density at radius 3 is 2.85 bits per heavy atom. The molecule has 0 spiro atoms. The summed E-state index contributed by atoms with van der Waals surface area (Å²) in [6, 6.07) is 4.36. The van der Waals surface area contributed by atoms with Gasteiger partial charge in [-0.15, -0.1) is 0 Å². The number of ether oxygens (including phenoxy) is 1. The van der Waals surface area contributed by atoms with Gasteiger partial charge in [-0.3, -0.25) is 0 Å². The van der Waals surface area contributed by atoms with Gasteiger partial charge in [0.25, 0.3) is 0 Å². The van der Waals surface area contributed by atoms with Crippen LogP contribution in [0.4, 0.5) is 8.78 Å². The standard InChI is InChI=1S/C9H6ClF2O/c10-4-1-5-13-7-2-3-8(11)9(12)6-7/h1-4H,5H2/b4-1-. The van der Waals surface area contributed by atoms with Crippen molar-refractivity contribution in [3.63, 3.8) is 0 Å². The predicted molar refractivity (Wildman–Crippen MR) is 45.7 cm³/mol. The van der Waals surface area contributed by atoms with Gasteiger partial charge in [0.05, 0.1) is 6.07 Å². The Balaban J connectivity index is 2.63. The van der Waals surface area contributed by atoms with E-state index in [1.165, 1.54) is 17.7 Å². The molecule has 0 saturated carbocycles. The number of rotatable bonds is 3. The Morgan fingerprint density at radius 1 is 1.46 bits per heavy atom. The van der Waals surface area contributed by atoms with E-state index in [0.29, 0.717) is 0 Å². The van der Waals surface area contributed by atoms with Gasteiger partial charge in [-0.25, -0.2) is 8.78 Å². The van der Waals surface area contributed by atoms with Crippen LogP contribution in [0, 0.1) is 17.7 Å². The summed E-state index contributed by atoms with van der Waals surface area (Å²) in [7, 11) is 0. The first-order valence-electron chi connectivity index (χ1n) is 3.49. The van der Waals surface area contributed by atoms with Crippen LogP contribution >= 0.6 is 11.6 Å². The van der Waals surface area contributed by atoms with Crippen molar-refractivity contribution in [3.8, 4) is 5.75 Å². The molecule has 0 bridgehead atoms. The summed E-state index contributed by atoms with van der Waals surface area (Å²) in [6.07, 6.45) is 1.52. The zero-order valence-corrected chi connectivity index (χ0v) is 7.31. The van der Waals surface area contributed by atoms with Crippen molar-refractivity contribution in [1.29, 1.82) is 0 Å². The monoisotopic (exact) mass is 203 g/mol. The van der Waals surface area contributed by atoms with Gasteiger partial charge in [0.1, 0.15) is 12.4 Å². The fraction of sp³-hybridized carbons (Fsp3) is 0.111. The third-order valence-electron chi connectivity index (χ3n) is 1.25. The Morgan fingerprint density at radius 2 is 2.23 bits per heavy atom. The van der Waals surface area contributed by atoms with E-state index in [2.05, 4.69) is 6.07 Å². The first-order chi connectivity index (χ1) is 6.24. The van der Waals surface area contributed by atoms with Crippen LogP contribution in [0.5, 0.6) is 5.75 Å².